The van der Waals surface area contributed by atoms with Crippen molar-refractivity contribution in [2.24, 2.45) is 5.92 Å². The maximum Gasteiger partial charge on any atom is 0.251 e. The zero-order chi connectivity index (χ0) is 15.2. The molecule has 2 N–H and O–H groups in total. The van der Waals surface area contributed by atoms with E-state index in [9.17, 15) is 4.79 Å². The van der Waals surface area contributed by atoms with Gasteiger partial charge in [-0.25, -0.2) is 0 Å². The normalized spacial score (nSPS) is 21.9. The van der Waals surface area contributed by atoms with E-state index in [2.05, 4.69) is 30.5 Å². The first-order valence-corrected chi connectivity index (χ1v) is 8.29. The molecule has 1 aliphatic rings. The zero-order valence-electron chi connectivity index (χ0n) is 13.5. The van der Waals surface area contributed by atoms with Gasteiger partial charge in [0.15, 0.2) is 0 Å². The zero-order valence-corrected chi connectivity index (χ0v) is 13.5. The van der Waals surface area contributed by atoms with E-state index in [1.54, 1.807) is 0 Å². The Balaban J connectivity index is 2.02. The second-order valence-corrected chi connectivity index (χ2v) is 6.17. The molecule has 1 saturated carbocycles. The largest absolute Gasteiger partial charge is 0.382 e. The van der Waals surface area contributed by atoms with Gasteiger partial charge < -0.3 is 10.6 Å². The van der Waals surface area contributed by atoms with Crippen LogP contribution < -0.4 is 10.6 Å². The van der Waals surface area contributed by atoms with Gasteiger partial charge in [-0.15, -0.1) is 0 Å². The van der Waals surface area contributed by atoms with Crippen LogP contribution in [0.15, 0.2) is 18.2 Å². The Kier molecular flexibility index (Phi) is 5.66. The third kappa shape index (κ3) is 4.23. The molecule has 0 aromatic heterocycles. The standard InChI is InChI=1S/C18H28N2O/c1-4-14-7-6-8-16(12-14)20-17-10-9-15(11-13(17)3)18(21)19-5-2/h9-11,14,16,20H,4-8,12H2,1-3H3,(H,19,21). The van der Waals surface area contributed by atoms with Crippen LogP contribution >= 0.6 is 0 Å². The maximum atomic E-state index is 11.8. The minimum Gasteiger partial charge on any atom is -0.382 e. The predicted molar refractivity (Wildman–Crippen MR) is 88.8 cm³/mol. The quantitative estimate of drug-likeness (QED) is 0.855. The summed E-state index contributed by atoms with van der Waals surface area (Å²) in [6.07, 6.45) is 6.52. The Morgan fingerprint density at radius 1 is 1.29 bits per heavy atom. The maximum absolute atomic E-state index is 11.8. The molecule has 2 rings (SSSR count). The van der Waals surface area contributed by atoms with Crippen molar-refractivity contribution in [3.8, 4) is 0 Å². The SMILES string of the molecule is CCNC(=O)c1ccc(NC2CCCC(CC)C2)c(C)c1. The van der Waals surface area contributed by atoms with E-state index in [0.717, 1.165) is 17.0 Å². The molecule has 116 valence electrons. The summed E-state index contributed by atoms with van der Waals surface area (Å²) in [5.74, 6) is 0.877. The van der Waals surface area contributed by atoms with Gasteiger partial charge in [-0.2, -0.15) is 0 Å². The molecular weight excluding hydrogens is 260 g/mol. The molecule has 2 unspecified atom stereocenters. The minimum absolute atomic E-state index is 0.0101. The predicted octanol–water partition coefficient (Wildman–Crippen LogP) is 4.13. The molecule has 0 spiro atoms. The molecule has 0 radical (unpaired) electrons. The lowest BCUT2D eigenvalue weighted by molar-refractivity contribution is 0.0956. The first-order valence-electron chi connectivity index (χ1n) is 8.29. The fourth-order valence-corrected chi connectivity index (χ4v) is 3.24. The van der Waals surface area contributed by atoms with E-state index in [-0.39, 0.29) is 5.91 Å². The number of amides is 1. The van der Waals surface area contributed by atoms with Crippen molar-refractivity contribution < 1.29 is 4.79 Å². The first kappa shape index (κ1) is 15.9. The lowest BCUT2D eigenvalue weighted by Gasteiger charge is -2.30. The lowest BCUT2D eigenvalue weighted by atomic mass is 9.84. The average molecular weight is 288 g/mol. The van der Waals surface area contributed by atoms with Crippen LogP contribution in [0.1, 0.15) is 61.9 Å². The van der Waals surface area contributed by atoms with Gasteiger partial charge in [0.05, 0.1) is 0 Å². The highest BCUT2D eigenvalue weighted by Crippen LogP contribution is 2.29. The molecular formula is C18H28N2O. The van der Waals surface area contributed by atoms with Crippen molar-refractivity contribution in [3.63, 3.8) is 0 Å². The Hall–Kier alpha value is -1.51. The highest BCUT2D eigenvalue weighted by molar-refractivity contribution is 5.94. The molecule has 1 aromatic carbocycles. The third-order valence-electron chi connectivity index (χ3n) is 4.55. The molecule has 0 bridgehead atoms. The molecule has 1 amide bonds. The molecule has 3 nitrogen and oxygen atoms in total. The number of hydrogen-bond donors (Lipinski definition) is 2. The Bertz CT molecular complexity index is 484. The molecule has 0 heterocycles. The van der Waals surface area contributed by atoms with Gasteiger partial charge in [-0.1, -0.05) is 26.2 Å². The summed E-state index contributed by atoms with van der Waals surface area (Å²) in [7, 11) is 0. The molecule has 1 aromatic rings. The number of benzene rings is 1. The van der Waals surface area contributed by atoms with Crippen LogP contribution in [0.3, 0.4) is 0 Å². The van der Waals surface area contributed by atoms with Crippen LogP contribution in [0.2, 0.25) is 0 Å². The minimum atomic E-state index is 0.0101. The van der Waals surface area contributed by atoms with Crippen molar-refractivity contribution in [1.82, 2.24) is 5.32 Å². The fraction of sp³-hybridized carbons (Fsp3) is 0.611. The second kappa shape index (κ2) is 7.48. The summed E-state index contributed by atoms with van der Waals surface area (Å²) in [4.78, 5) is 11.8. The van der Waals surface area contributed by atoms with Crippen LogP contribution in [0, 0.1) is 12.8 Å². The first-order chi connectivity index (χ1) is 10.1. The number of anilines is 1. The lowest BCUT2D eigenvalue weighted by Crippen LogP contribution is -2.27. The number of aryl methyl sites for hydroxylation is 1. The van der Waals surface area contributed by atoms with E-state index in [1.807, 2.05) is 19.1 Å². The molecule has 2 atom stereocenters. The molecule has 1 aliphatic carbocycles. The topological polar surface area (TPSA) is 41.1 Å². The highest BCUT2D eigenvalue weighted by Gasteiger charge is 2.21. The van der Waals surface area contributed by atoms with Crippen molar-refractivity contribution in [3.05, 3.63) is 29.3 Å². The summed E-state index contributed by atoms with van der Waals surface area (Å²) in [5, 5.41) is 6.52. The molecule has 0 saturated heterocycles. The van der Waals surface area contributed by atoms with E-state index in [0.29, 0.717) is 12.6 Å². The molecule has 3 heteroatoms. The summed E-state index contributed by atoms with van der Waals surface area (Å²) < 4.78 is 0. The number of hydrogen-bond acceptors (Lipinski definition) is 2. The summed E-state index contributed by atoms with van der Waals surface area (Å²) >= 11 is 0. The van der Waals surface area contributed by atoms with Crippen LogP contribution in [-0.4, -0.2) is 18.5 Å². The number of carbonyl (C=O) groups is 1. The van der Waals surface area contributed by atoms with Gasteiger partial charge in [0.25, 0.3) is 5.91 Å². The summed E-state index contributed by atoms with van der Waals surface area (Å²) in [6, 6.07) is 6.53. The third-order valence-corrected chi connectivity index (χ3v) is 4.55. The highest BCUT2D eigenvalue weighted by atomic mass is 16.1. The Morgan fingerprint density at radius 3 is 2.76 bits per heavy atom. The van der Waals surface area contributed by atoms with Crippen molar-refractivity contribution in [2.75, 3.05) is 11.9 Å². The van der Waals surface area contributed by atoms with Gasteiger partial charge in [0, 0.05) is 23.8 Å². The van der Waals surface area contributed by atoms with Gasteiger partial charge in [0.2, 0.25) is 0 Å². The fourth-order valence-electron chi connectivity index (χ4n) is 3.24. The summed E-state index contributed by atoms with van der Waals surface area (Å²) in [6.45, 7) is 6.97. The van der Waals surface area contributed by atoms with Crippen LogP contribution in [0.25, 0.3) is 0 Å². The smallest absolute Gasteiger partial charge is 0.251 e. The second-order valence-electron chi connectivity index (χ2n) is 6.17. The Labute approximate surface area is 128 Å². The van der Waals surface area contributed by atoms with Crippen molar-refractivity contribution >= 4 is 11.6 Å². The van der Waals surface area contributed by atoms with Gasteiger partial charge in [-0.05, 0) is 56.4 Å². The van der Waals surface area contributed by atoms with Crippen LogP contribution in [0.5, 0.6) is 0 Å². The van der Waals surface area contributed by atoms with E-state index in [4.69, 9.17) is 0 Å². The van der Waals surface area contributed by atoms with E-state index < -0.39 is 0 Å². The molecule has 21 heavy (non-hydrogen) atoms. The molecule has 1 fully saturated rings. The van der Waals surface area contributed by atoms with Crippen LogP contribution in [-0.2, 0) is 0 Å². The monoisotopic (exact) mass is 288 g/mol. The number of carbonyl (C=O) groups excluding carboxylic acids is 1. The van der Waals surface area contributed by atoms with E-state index in [1.165, 1.54) is 37.8 Å². The van der Waals surface area contributed by atoms with Gasteiger partial charge in [-0.3, -0.25) is 4.79 Å². The van der Waals surface area contributed by atoms with Crippen LogP contribution in [0.4, 0.5) is 5.69 Å². The average Bonchev–Trinajstić information content (AvgIpc) is 2.49. The Morgan fingerprint density at radius 2 is 2.10 bits per heavy atom. The van der Waals surface area contributed by atoms with Gasteiger partial charge >= 0.3 is 0 Å². The molecule has 0 aliphatic heterocycles. The summed E-state index contributed by atoms with van der Waals surface area (Å²) in [5.41, 5.74) is 3.07. The van der Waals surface area contributed by atoms with Crippen molar-refractivity contribution in [2.45, 2.75) is 58.9 Å². The number of nitrogens with one attached hydrogen (secondary N) is 2. The van der Waals surface area contributed by atoms with Crippen molar-refractivity contribution in [1.29, 1.82) is 0 Å². The van der Waals surface area contributed by atoms with Gasteiger partial charge in [0.1, 0.15) is 0 Å². The van der Waals surface area contributed by atoms with E-state index >= 15 is 0 Å². The number of rotatable bonds is 5.